The van der Waals surface area contributed by atoms with Crippen molar-refractivity contribution in [3.8, 4) is 0 Å². The molecule has 0 amide bonds. The lowest BCUT2D eigenvalue weighted by molar-refractivity contribution is -0.283. The zero-order chi connectivity index (χ0) is 19.1. The van der Waals surface area contributed by atoms with E-state index in [0.29, 0.717) is 13.2 Å². The molecule has 1 saturated carbocycles. The first-order valence-corrected chi connectivity index (χ1v) is 8.66. The Hall–Kier alpha value is -0.320. The van der Waals surface area contributed by atoms with Gasteiger partial charge >= 0.3 is 0 Å². The summed E-state index contributed by atoms with van der Waals surface area (Å²) in [6, 6.07) is 0. The molecule has 0 aromatic heterocycles. The lowest BCUT2D eigenvalue weighted by Gasteiger charge is -2.17. The van der Waals surface area contributed by atoms with Gasteiger partial charge in [0.1, 0.15) is 0 Å². The highest BCUT2D eigenvalue weighted by atomic mass is 17.1. The molecule has 1 rings (SSSR count). The minimum atomic E-state index is -0.0602. The van der Waals surface area contributed by atoms with Gasteiger partial charge in [-0.3, -0.25) is 21.0 Å². The number of rotatable bonds is 7. The van der Waals surface area contributed by atoms with Crippen molar-refractivity contribution in [1.29, 1.82) is 0 Å². The predicted octanol–water partition coefficient (Wildman–Crippen LogP) is 4.86. The maximum absolute atomic E-state index is 8.19. The van der Waals surface area contributed by atoms with Crippen molar-refractivity contribution in [3.05, 3.63) is 0 Å². The highest BCUT2D eigenvalue weighted by Gasteiger charge is 2.12. The fourth-order valence-corrected chi connectivity index (χ4v) is 1.47. The van der Waals surface area contributed by atoms with Gasteiger partial charge in [0.05, 0.1) is 25.4 Å². The Labute approximate surface area is 146 Å². The summed E-state index contributed by atoms with van der Waals surface area (Å²) in [4.78, 5) is 15.4. The zero-order valence-corrected chi connectivity index (χ0v) is 15.6. The van der Waals surface area contributed by atoms with Crippen LogP contribution >= 0.6 is 0 Å². The molecule has 0 aliphatic heterocycles. The Bertz CT molecular complexity index is 181. The van der Waals surface area contributed by atoms with Crippen LogP contribution in [0.25, 0.3) is 0 Å². The summed E-state index contributed by atoms with van der Waals surface area (Å²) < 4.78 is 0. The number of hydrogen-bond donors (Lipinski definition) is 4. The molecule has 0 aromatic rings. The van der Waals surface area contributed by atoms with E-state index in [9.17, 15) is 0 Å². The second-order valence-electron chi connectivity index (χ2n) is 5.54. The van der Waals surface area contributed by atoms with E-state index in [4.69, 9.17) is 21.0 Å². The molecule has 150 valence electrons. The molecule has 0 bridgehead atoms. The maximum Gasteiger partial charge on any atom is 0.0927 e. The predicted molar refractivity (Wildman–Crippen MR) is 91.8 cm³/mol. The minimum Gasteiger partial charge on any atom is -0.252 e. The number of hydrogen-bond acceptors (Lipinski definition) is 8. The molecule has 0 spiro atoms. The van der Waals surface area contributed by atoms with E-state index in [0.717, 1.165) is 32.1 Å². The quantitative estimate of drug-likeness (QED) is 0.290. The summed E-state index contributed by atoms with van der Waals surface area (Å²) in [6.45, 7) is 8.38. The summed E-state index contributed by atoms with van der Waals surface area (Å²) in [7, 11) is 0. The van der Waals surface area contributed by atoms with Crippen LogP contribution < -0.4 is 0 Å². The smallest absolute Gasteiger partial charge is 0.0927 e. The van der Waals surface area contributed by atoms with Crippen LogP contribution in [0.3, 0.4) is 0 Å². The first-order valence-electron chi connectivity index (χ1n) is 8.66. The van der Waals surface area contributed by atoms with Crippen molar-refractivity contribution in [2.24, 2.45) is 0 Å². The normalized spacial score (nSPS) is 13.9. The van der Waals surface area contributed by atoms with Crippen molar-refractivity contribution in [1.82, 2.24) is 0 Å². The third-order valence-corrected chi connectivity index (χ3v) is 2.80. The molecule has 0 atom stereocenters. The highest BCUT2D eigenvalue weighted by molar-refractivity contribution is 4.62. The first kappa shape index (κ1) is 28.5. The molecule has 4 N–H and O–H groups in total. The van der Waals surface area contributed by atoms with Crippen LogP contribution in [0, 0.1) is 0 Å². The van der Waals surface area contributed by atoms with E-state index in [1.165, 1.54) is 19.3 Å². The summed E-state index contributed by atoms with van der Waals surface area (Å²) in [5, 5.41) is 31.1. The topological polar surface area (TPSA) is 118 Å². The largest absolute Gasteiger partial charge is 0.252 e. The highest BCUT2D eigenvalue weighted by Crippen LogP contribution is 2.18. The van der Waals surface area contributed by atoms with Gasteiger partial charge in [-0.05, 0) is 39.5 Å². The molecule has 0 radical (unpaired) electrons. The molecule has 0 saturated heterocycles. The lowest BCUT2D eigenvalue weighted by Crippen LogP contribution is -2.14. The summed E-state index contributed by atoms with van der Waals surface area (Å²) in [5.41, 5.74) is 0. The van der Waals surface area contributed by atoms with E-state index in [1.54, 1.807) is 13.8 Å². The van der Waals surface area contributed by atoms with Gasteiger partial charge in [0.15, 0.2) is 0 Å². The molecule has 0 heterocycles. The van der Waals surface area contributed by atoms with Gasteiger partial charge in [0.2, 0.25) is 0 Å². The lowest BCUT2D eigenvalue weighted by atomic mass is 9.98. The molecule has 1 aliphatic rings. The molecule has 8 nitrogen and oxygen atoms in total. The molecular formula is C16H38O8. The Morgan fingerprint density at radius 3 is 1.50 bits per heavy atom. The zero-order valence-electron chi connectivity index (χ0n) is 15.6. The maximum atomic E-state index is 8.19. The van der Waals surface area contributed by atoms with E-state index in [2.05, 4.69) is 19.6 Å². The van der Waals surface area contributed by atoms with Crippen LogP contribution in [0.4, 0.5) is 0 Å². The van der Waals surface area contributed by atoms with Gasteiger partial charge in [0.25, 0.3) is 0 Å². The Kier molecular flexibility index (Phi) is 32.7. The van der Waals surface area contributed by atoms with Gasteiger partial charge in [-0.25, -0.2) is 19.6 Å². The van der Waals surface area contributed by atoms with Gasteiger partial charge in [-0.1, -0.05) is 39.5 Å². The second kappa shape index (κ2) is 27.5. The van der Waals surface area contributed by atoms with Crippen molar-refractivity contribution in [2.75, 3.05) is 13.2 Å². The Balaban J connectivity index is -0.000000252. The van der Waals surface area contributed by atoms with E-state index in [-0.39, 0.29) is 12.2 Å². The van der Waals surface area contributed by atoms with E-state index in [1.807, 2.05) is 13.8 Å². The van der Waals surface area contributed by atoms with Crippen LogP contribution in [0.1, 0.15) is 79.1 Å². The Morgan fingerprint density at radius 2 is 1.33 bits per heavy atom. The second-order valence-corrected chi connectivity index (χ2v) is 5.54. The van der Waals surface area contributed by atoms with E-state index >= 15 is 0 Å². The molecule has 0 aromatic carbocycles. The van der Waals surface area contributed by atoms with Gasteiger partial charge in [-0.15, -0.1) is 0 Å². The van der Waals surface area contributed by atoms with Crippen molar-refractivity contribution in [3.63, 3.8) is 0 Å². The van der Waals surface area contributed by atoms with Crippen LogP contribution in [-0.2, 0) is 19.6 Å². The Morgan fingerprint density at radius 1 is 0.833 bits per heavy atom. The fourth-order valence-electron chi connectivity index (χ4n) is 1.47. The van der Waals surface area contributed by atoms with Crippen molar-refractivity contribution < 1.29 is 40.6 Å². The van der Waals surface area contributed by atoms with E-state index < -0.39 is 0 Å². The molecule has 0 unspecified atom stereocenters. The molecular weight excluding hydrogens is 320 g/mol. The molecule has 1 fully saturated rings. The average Bonchev–Trinajstić information content (AvgIpc) is 2.63. The van der Waals surface area contributed by atoms with Crippen molar-refractivity contribution in [2.45, 2.75) is 91.3 Å². The monoisotopic (exact) mass is 358 g/mol. The standard InChI is InChI=1S/C6H12O2.C4H10O2.2C3H8O2/c7-8-6-4-2-1-3-5-6;1-2-3-4-6-5;1-3(2)5-4;1-2-3-5-4/h6-7H,1-5H2;5H,2-4H2,1H3;3-4H,1-2H3;4H,2-3H2,1H3. The summed E-state index contributed by atoms with van der Waals surface area (Å²) in [6.07, 6.45) is 8.77. The van der Waals surface area contributed by atoms with Crippen LogP contribution in [0.5, 0.6) is 0 Å². The van der Waals surface area contributed by atoms with Gasteiger partial charge in [-0.2, -0.15) is 0 Å². The van der Waals surface area contributed by atoms with Gasteiger partial charge < -0.3 is 0 Å². The van der Waals surface area contributed by atoms with Crippen molar-refractivity contribution >= 4 is 0 Å². The molecule has 24 heavy (non-hydrogen) atoms. The van der Waals surface area contributed by atoms with Crippen LogP contribution in [-0.4, -0.2) is 46.5 Å². The van der Waals surface area contributed by atoms with Gasteiger partial charge in [0, 0.05) is 0 Å². The average molecular weight is 358 g/mol. The fraction of sp³-hybridized carbons (Fsp3) is 1.00. The first-order chi connectivity index (χ1) is 11.5. The molecule has 8 heteroatoms. The molecule has 1 aliphatic carbocycles. The summed E-state index contributed by atoms with van der Waals surface area (Å²) in [5.74, 6) is 0. The third-order valence-electron chi connectivity index (χ3n) is 2.80. The number of unbranched alkanes of at least 4 members (excludes halogenated alkanes) is 1. The third kappa shape index (κ3) is 33.3. The minimum absolute atomic E-state index is 0.0602. The van der Waals surface area contributed by atoms with Crippen LogP contribution in [0.15, 0.2) is 0 Å². The SMILES string of the molecule is CC(C)OO.CCCCOO.CCCOO.OOC1CCCCC1. The summed E-state index contributed by atoms with van der Waals surface area (Å²) >= 11 is 0. The van der Waals surface area contributed by atoms with Crippen LogP contribution in [0.2, 0.25) is 0 Å².